The molecule has 2 saturated heterocycles. The molecule has 2 aliphatic heterocycles. The Balaban J connectivity index is 1.72. The number of para-hydroxylation sites is 1. The summed E-state index contributed by atoms with van der Waals surface area (Å²) in [5.41, 5.74) is -0.0135. The fourth-order valence-electron chi connectivity index (χ4n) is 3.52. The van der Waals surface area contributed by atoms with Crippen molar-refractivity contribution in [2.24, 2.45) is 0 Å². The number of nitrogens with zero attached hydrogens (tertiary/aromatic N) is 1. The van der Waals surface area contributed by atoms with Crippen molar-refractivity contribution >= 4 is 16.6 Å². The van der Waals surface area contributed by atoms with Crippen LogP contribution >= 0.6 is 0 Å². The Labute approximate surface area is 163 Å². The molecule has 0 aliphatic carbocycles. The maximum absolute atomic E-state index is 11.2. The Bertz CT molecular complexity index is 692. The van der Waals surface area contributed by atoms with E-state index in [4.69, 9.17) is 9.47 Å². The first-order valence-corrected chi connectivity index (χ1v) is 10.5. The van der Waals surface area contributed by atoms with E-state index in [0.29, 0.717) is 0 Å². The third-order valence-corrected chi connectivity index (χ3v) is 7.82. The average Bonchev–Trinajstić information content (AvgIpc) is 2.94. The molecule has 2 heterocycles. The predicted octanol–water partition coefficient (Wildman–Crippen LogP) is -1.55. The Morgan fingerprint density at radius 3 is 2.64 bits per heavy atom. The Morgan fingerprint density at radius 2 is 1.96 bits per heavy atom. The zero-order valence-electron chi connectivity index (χ0n) is 14.9. The van der Waals surface area contributed by atoms with Gasteiger partial charge in [0.2, 0.25) is 0 Å². The minimum atomic E-state index is -1.17. The van der Waals surface area contributed by atoms with E-state index in [2.05, 4.69) is 0 Å². The highest BCUT2D eigenvalue weighted by Crippen LogP contribution is 2.34. The fraction of sp³-hybridized carbons (Fsp3) is 0.647. The summed E-state index contributed by atoms with van der Waals surface area (Å²) in [5.74, 6) is 0.334. The third-order valence-electron chi connectivity index (χ3n) is 5.00. The fourth-order valence-corrected chi connectivity index (χ4v) is 6.20. The van der Waals surface area contributed by atoms with Crippen molar-refractivity contribution in [1.82, 2.24) is 0 Å². The summed E-state index contributed by atoms with van der Waals surface area (Å²) in [6, 6.07) is 5.91. The first-order chi connectivity index (χ1) is 13.3. The highest BCUT2D eigenvalue weighted by Gasteiger charge is 2.51. The van der Waals surface area contributed by atoms with E-state index in [0.717, 1.165) is 0 Å². The third kappa shape index (κ3) is 4.31. The second-order valence-corrected chi connectivity index (χ2v) is 9.21. The van der Waals surface area contributed by atoms with E-state index in [1.165, 1.54) is 18.2 Å². The number of hydrogen-bond acceptors (Lipinski definition) is 9. The SMILES string of the molecule is O=[N+]([O-])c1ccccc1C1OC[C@@H](O)[C@@H]([C@H](O)C[S+]2C[C@@H](O)[C@H](O)[C@H]2CO)O1. The predicted molar refractivity (Wildman–Crippen MR) is 98.7 cm³/mol. The maximum atomic E-state index is 11.2. The largest absolute Gasteiger partial charge is 0.391 e. The lowest BCUT2D eigenvalue weighted by atomic mass is 10.1. The average molecular weight is 418 g/mol. The van der Waals surface area contributed by atoms with E-state index in [9.17, 15) is 35.6 Å². The van der Waals surface area contributed by atoms with E-state index in [-0.39, 0.29) is 36.0 Å². The lowest BCUT2D eigenvalue weighted by Crippen LogP contribution is -2.50. The van der Waals surface area contributed by atoms with E-state index in [1.807, 2.05) is 0 Å². The summed E-state index contributed by atoms with van der Waals surface area (Å²) < 4.78 is 11.0. The van der Waals surface area contributed by atoms with Crippen molar-refractivity contribution in [3.63, 3.8) is 0 Å². The molecule has 2 aliphatic rings. The Morgan fingerprint density at radius 1 is 1.25 bits per heavy atom. The molecule has 5 N–H and O–H groups in total. The molecule has 0 amide bonds. The highest BCUT2D eigenvalue weighted by atomic mass is 32.2. The summed E-state index contributed by atoms with van der Waals surface area (Å²) in [4.78, 5) is 10.7. The van der Waals surface area contributed by atoms with Crippen molar-refractivity contribution in [2.75, 3.05) is 24.7 Å². The van der Waals surface area contributed by atoms with Crippen LogP contribution in [0.25, 0.3) is 0 Å². The molecular formula is C17H24NO9S+. The van der Waals surface area contributed by atoms with Crippen molar-refractivity contribution in [3.05, 3.63) is 39.9 Å². The molecule has 28 heavy (non-hydrogen) atoms. The van der Waals surface area contributed by atoms with E-state index in [1.54, 1.807) is 6.07 Å². The first kappa shape index (κ1) is 21.4. The maximum Gasteiger partial charge on any atom is 0.277 e. The molecule has 2 fully saturated rings. The number of benzene rings is 1. The van der Waals surface area contributed by atoms with Crippen LogP contribution in [0.3, 0.4) is 0 Å². The van der Waals surface area contributed by atoms with Gasteiger partial charge in [-0.25, -0.2) is 0 Å². The van der Waals surface area contributed by atoms with Crippen molar-refractivity contribution in [1.29, 1.82) is 0 Å². The second kappa shape index (κ2) is 9.01. The number of aliphatic hydroxyl groups excluding tert-OH is 5. The first-order valence-electron chi connectivity index (χ1n) is 8.83. The monoisotopic (exact) mass is 418 g/mol. The van der Waals surface area contributed by atoms with Crippen LogP contribution in [0.5, 0.6) is 0 Å². The Hall–Kier alpha value is -1.31. The molecule has 1 aromatic rings. The van der Waals surface area contributed by atoms with Crippen LogP contribution in [0.4, 0.5) is 5.69 Å². The summed E-state index contributed by atoms with van der Waals surface area (Å²) in [7, 11) is -0.680. The van der Waals surface area contributed by atoms with Crippen LogP contribution < -0.4 is 0 Å². The number of rotatable bonds is 6. The molecule has 0 saturated carbocycles. The quantitative estimate of drug-likeness (QED) is 0.209. The van der Waals surface area contributed by atoms with Crippen LogP contribution in [-0.4, -0.2) is 90.9 Å². The molecule has 8 atom stereocenters. The van der Waals surface area contributed by atoms with Gasteiger partial charge >= 0.3 is 0 Å². The molecule has 11 heteroatoms. The van der Waals surface area contributed by atoms with Gasteiger partial charge in [-0.1, -0.05) is 12.1 Å². The summed E-state index contributed by atoms with van der Waals surface area (Å²) in [6.07, 6.45) is -6.56. The van der Waals surface area contributed by atoms with Crippen LogP contribution in [0.1, 0.15) is 11.9 Å². The lowest BCUT2D eigenvalue weighted by Gasteiger charge is -2.36. The highest BCUT2D eigenvalue weighted by molar-refractivity contribution is 7.97. The molecule has 0 radical (unpaired) electrons. The van der Waals surface area contributed by atoms with Crippen LogP contribution in [-0.2, 0) is 20.4 Å². The van der Waals surface area contributed by atoms with Gasteiger partial charge < -0.3 is 35.0 Å². The van der Waals surface area contributed by atoms with Gasteiger partial charge in [0.05, 0.1) is 23.7 Å². The number of nitro benzene ring substituents is 1. The van der Waals surface area contributed by atoms with Gasteiger partial charge in [-0.15, -0.1) is 0 Å². The van der Waals surface area contributed by atoms with E-state index >= 15 is 0 Å². The lowest BCUT2D eigenvalue weighted by molar-refractivity contribution is -0.388. The summed E-state index contributed by atoms with van der Waals surface area (Å²) >= 11 is 0. The van der Waals surface area contributed by atoms with Crippen molar-refractivity contribution < 1.29 is 39.9 Å². The van der Waals surface area contributed by atoms with Crippen molar-refractivity contribution in [2.45, 2.75) is 42.1 Å². The van der Waals surface area contributed by atoms with Gasteiger partial charge in [0.25, 0.3) is 5.69 Å². The normalized spacial score (nSPS) is 37.0. The number of hydrogen-bond donors (Lipinski definition) is 5. The minimum Gasteiger partial charge on any atom is -0.391 e. The summed E-state index contributed by atoms with van der Waals surface area (Å²) in [5, 5.41) is 60.7. The smallest absolute Gasteiger partial charge is 0.277 e. The zero-order valence-corrected chi connectivity index (χ0v) is 15.7. The van der Waals surface area contributed by atoms with Crippen LogP contribution in [0.15, 0.2) is 24.3 Å². The second-order valence-electron chi connectivity index (χ2n) is 6.87. The summed E-state index contributed by atoms with van der Waals surface area (Å²) in [6.45, 7) is -0.509. The van der Waals surface area contributed by atoms with Crippen LogP contribution in [0, 0.1) is 10.1 Å². The topological polar surface area (TPSA) is 163 Å². The van der Waals surface area contributed by atoms with Gasteiger partial charge in [0.1, 0.15) is 42.0 Å². The zero-order chi connectivity index (χ0) is 20.4. The molecule has 156 valence electrons. The van der Waals surface area contributed by atoms with Gasteiger partial charge in [-0.3, -0.25) is 10.1 Å². The molecule has 0 bridgehead atoms. The Kier molecular flexibility index (Phi) is 6.89. The van der Waals surface area contributed by atoms with E-state index < -0.39 is 57.9 Å². The van der Waals surface area contributed by atoms with Crippen molar-refractivity contribution in [3.8, 4) is 0 Å². The minimum absolute atomic E-state index is 0.102. The molecule has 3 rings (SSSR count). The molecule has 0 aromatic heterocycles. The molecule has 0 spiro atoms. The standard InChI is InChI=1S/C17H24NO9S/c19-5-14-15(23)12(21)7-28(14)8-13(22)16-11(20)6-26-17(27-16)9-3-1-2-4-10(9)18(24)25/h1-4,11-17,19-23H,5-8H2/q+1/t11-,12-,13-,14-,15+,16+,17?,28?/m1/s1. The molecule has 10 nitrogen and oxygen atoms in total. The molecule has 2 unspecified atom stereocenters. The number of aliphatic hydroxyl groups is 5. The molecular weight excluding hydrogens is 394 g/mol. The number of ether oxygens (including phenoxy) is 2. The van der Waals surface area contributed by atoms with Gasteiger partial charge in [0.15, 0.2) is 11.5 Å². The van der Waals surface area contributed by atoms with Gasteiger partial charge in [0, 0.05) is 17.0 Å². The van der Waals surface area contributed by atoms with Crippen LogP contribution in [0.2, 0.25) is 0 Å². The molecule has 1 aromatic carbocycles. The number of nitro groups is 1. The van der Waals surface area contributed by atoms with Gasteiger partial charge in [-0.05, 0) is 6.07 Å². The van der Waals surface area contributed by atoms with Gasteiger partial charge in [-0.2, -0.15) is 0 Å².